The maximum absolute atomic E-state index is 11.3. The Hall–Kier alpha value is -1.43. The molecule has 6 heteroatoms. The fraction of sp³-hybridized carbons (Fsp3) is 0.0667. The number of rotatable bonds is 3. The van der Waals surface area contributed by atoms with Crippen molar-refractivity contribution in [2.45, 2.75) is 6.92 Å². The van der Waals surface area contributed by atoms with Crippen LogP contribution in [-0.4, -0.2) is 10.9 Å². The third-order valence-electron chi connectivity index (χ3n) is 2.70. The van der Waals surface area contributed by atoms with Crippen LogP contribution in [0.25, 0.3) is 0 Å². The SMILES string of the molecule is CC(=O)c1cccc(NC(=S)Nc2ccc(Br)c(Cl)c2)c1. The summed E-state index contributed by atoms with van der Waals surface area (Å²) in [5.74, 6) is 0.0113. The molecule has 0 radical (unpaired) electrons. The van der Waals surface area contributed by atoms with Crippen LogP contribution in [0.3, 0.4) is 0 Å². The zero-order chi connectivity index (χ0) is 15.4. The van der Waals surface area contributed by atoms with Gasteiger partial charge in [0.15, 0.2) is 10.9 Å². The molecular formula is C15H12BrClN2OS. The molecule has 21 heavy (non-hydrogen) atoms. The van der Waals surface area contributed by atoms with Gasteiger partial charge in [-0.25, -0.2) is 0 Å². The van der Waals surface area contributed by atoms with Gasteiger partial charge in [0.2, 0.25) is 0 Å². The highest BCUT2D eigenvalue weighted by atomic mass is 79.9. The molecule has 0 amide bonds. The largest absolute Gasteiger partial charge is 0.332 e. The Balaban J connectivity index is 2.06. The van der Waals surface area contributed by atoms with E-state index in [2.05, 4.69) is 26.6 Å². The molecule has 0 atom stereocenters. The van der Waals surface area contributed by atoms with Crippen molar-refractivity contribution in [2.75, 3.05) is 10.6 Å². The molecule has 0 saturated heterocycles. The van der Waals surface area contributed by atoms with E-state index in [1.807, 2.05) is 18.2 Å². The Morgan fingerprint density at radius 1 is 1.14 bits per heavy atom. The summed E-state index contributed by atoms with van der Waals surface area (Å²) >= 11 is 14.6. The molecule has 0 aliphatic heterocycles. The molecule has 0 unspecified atom stereocenters. The summed E-state index contributed by atoms with van der Waals surface area (Å²) in [6.45, 7) is 1.53. The number of carbonyl (C=O) groups excluding carboxylic acids is 1. The van der Waals surface area contributed by atoms with Gasteiger partial charge in [-0.1, -0.05) is 23.7 Å². The van der Waals surface area contributed by atoms with Crippen molar-refractivity contribution in [1.29, 1.82) is 0 Å². The lowest BCUT2D eigenvalue weighted by Crippen LogP contribution is -2.19. The molecule has 0 saturated carbocycles. The van der Waals surface area contributed by atoms with Crippen LogP contribution in [0, 0.1) is 0 Å². The van der Waals surface area contributed by atoms with Gasteiger partial charge in [-0.2, -0.15) is 0 Å². The molecule has 108 valence electrons. The Kier molecular flexibility index (Phi) is 5.33. The first-order chi connectivity index (χ1) is 9.95. The minimum Gasteiger partial charge on any atom is -0.332 e. The second-order valence-corrected chi connectivity index (χ2v) is 6.01. The number of hydrogen-bond donors (Lipinski definition) is 2. The highest BCUT2D eigenvalue weighted by Gasteiger charge is 2.04. The third-order valence-corrected chi connectivity index (χ3v) is 4.14. The first-order valence-corrected chi connectivity index (χ1v) is 7.67. The van der Waals surface area contributed by atoms with E-state index in [1.54, 1.807) is 24.3 Å². The molecular weight excluding hydrogens is 372 g/mol. The van der Waals surface area contributed by atoms with E-state index >= 15 is 0 Å². The topological polar surface area (TPSA) is 41.1 Å². The van der Waals surface area contributed by atoms with Crippen molar-refractivity contribution in [2.24, 2.45) is 0 Å². The van der Waals surface area contributed by atoms with Crippen LogP contribution in [0.5, 0.6) is 0 Å². The van der Waals surface area contributed by atoms with E-state index in [4.69, 9.17) is 23.8 Å². The van der Waals surface area contributed by atoms with Gasteiger partial charge in [-0.15, -0.1) is 0 Å². The Bertz CT molecular complexity index is 706. The van der Waals surface area contributed by atoms with Gasteiger partial charge in [-0.05, 0) is 65.4 Å². The van der Waals surface area contributed by atoms with Crippen LogP contribution in [-0.2, 0) is 0 Å². The van der Waals surface area contributed by atoms with Crippen LogP contribution in [0.15, 0.2) is 46.9 Å². The average molecular weight is 384 g/mol. The number of Topliss-reactive ketones (excluding diaryl/α,β-unsaturated/α-hetero) is 1. The Morgan fingerprint density at radius 3 is 2.43 bits per heavy atom. The van der Waals surface area contributed by atoms with Crippen LogP contribution < -0.4 is 10.6 Å². The molecule has 0 heterocycles. The van der Waals surface area contributed by atoms with E-state index < -0.39 is 0 Å². The van der Waals surface area contributed by atoms with Crippen molar-refractivity contribution in [3.63, 3.8) is 0 Å². The highest BCUT2D eigenvalue weighted by Crippen LogP contribution is 2.25. The summed E-state index contributed by atoms with van der Waals surface area (Å²) in [6, 6.07) is 12.6. The zero-order valence-corrected chi connectivity index (χ0v) is 14.3. The molecule has 0 aliphatic rings. The molecule has 0 fully saturated rings. The van der Waals surface area contributed by atoms with Crippen molar-refractivity contribution in [1.82, 2.24) is 0 Å². The van der Waals surface area contributed by atoms with E-state index in [0.717, 1.165) is 15.8 Å². The molecule has 2 aromatic carbocycles. The van der Waals surface area contributed by atoms with Gasteiger partial charge in [0, 0.05) is 21.4 Å². The normalized spacial score (nSPS) is 10.0. The summed E-state index contributed by atoms with van der Waals surface area (Å²) in [5.41, 5.74) is 2.17. The first kappa shape index (κ1) is 15.9. The summed E-state index contributed by atoms with van der Waals surface area (Å²) in [4.78, 5) is 11.3. The Labute approximate surface area is 141 Å². The third kappa shape index (κ3) is 4.52. The van der Waals surface area contributed by atoms with Gasteiger partial charge in [0.05, 0.1) is 5.02 Å². The highest BCUT2D eigenvalue weighted by molar-refractivity contribution is 9.10. The van der Waals surface area contributed by atoms with Crippen molar-refractivity contribution in [3.05, 3.63) is 57.5 Å². The van der Waals surface area contributed by atoms with Gasteiger partial charge >= 0.3 is 0 Å². The van der Waals surface area contributed by atoms with Crippen LogP contribution in [0.2, 0.25) is 5.02 Å². The van der Waals surface area contributed by atoms with Crippen LogP contribution in [0.4, 0.5) is 11.4 Å². The van der Waals surface area contributed by atoms with Crippen molar-refractivity contribution in [3.8, 4) is 0 Å². The van der Waals surface area contributed by atoms with E-state index in [1.165, 1.54) is 6.92 Å². The first-order valence-electron chi connectivity index (χ1n) is 6.10. The maximum atomic E-state index is 11.3. The summed E-state index contributed by atoms with van der Waals surface area (Å²) in [7, 11) is 0. The molecule has 3 nitrogen and oxygen atoms in total. The standard InChI is InChI=1S/C15H12BrClN2OS/c1-9(20)10-3-2-4-11(7-10)18-15(21)19-12-5-6-13(16)14(17)8-12/h2-8H,1H3,(H2,18,19,21). The predicted octanol–water partition coefficient (Wildman–Crippen LogP) is 5.11. The Morgan fingerprint density at radius 2 is 1.81 bits per heavy atom. The predicted molar refractivity (Wildman–Crippen MR) is 95.4 cm³/mol. The van der Waals surface area contributed by atoms with Crippen molar-refractivity contribution < 1.29 is 4.79 Å². The molecule has 0 spiro atoms. The summed E-state index contributed by atoms with van der Waals surface area (Å²) in [5, 5.41) is 7.09. The number of thiocarbonyl (C=S) groups is 1. The second-order valence-electron chi connectivity index (χ2n) is 4.35. The number of carbonyl (C=O) groups is 1. The number of ketones is 1. The number of anilines is 2. The monoisotopic (exact) mass is 382 g/mol. The quantitative estimate of drug-likeness (QED) is 0.570. The molecule has 0 bridgehead atoms. The lowest BCUT2D eigenvalue weighted by molar-refractivity contribution is 0.101. The van der Waals surface area contributed by atoms with E-state index in [0.29, 0.717) is 15.7 Å². The van der Waals surface area contributed by atoms with E-state index in [-0.39, 0.29) is 5.78 Å². The zero-order valence-electron chi connectivity index (χ0n) is 11.1. The summed E-state index contributed by atoms with van der Waals surface area (Å²) < 4.78 is 0.822. The fourth-order valence-electron chi connectivity index (χ4n) is 1.68. The van der Waals surface area contributed by atoms with Gasteiger partial charge in [0.1, 0.15) is 0 Å². The maximum Gasteiger partial charge on any atom is 0.175 e. The van der Waals surface area contributed by atoms with Crippen LogP contribution in [0.1, 0.15) is 17.3 Å². The molecule has 0 aromatic heterocycles. The smallest absolute Gasteiger partial charge is 0.175 e. The lowest BCUT2D eigenvalue weighted by atomic mass is 10.1. The van der Waals surface area contributed by atoms with Gasteiger partial charge in [0.25, 0.3) is 0 Å². The molecule has 2 rings (SSSR count). The van der Waals surface area contributed by atoms with Gasteiger partial charge < -0.3 is 10.6 Å². The van der Waals surface area contributed by atoms with Crippen molar-refractivity contribution >= 4 is 62.0 Å². The fourth-order valence-corrected chi connectivity index (χ4v) is 2.35. The molecule has 2 N–H and O–H groups in total. The van der Waals surface area contributed by atoms with Crippen LogP contribution >= 0.6 is 39.7 Å². The lowest BCUT2D eigenvalue weighted by Gasteiger charge is -2.11. The second kappa shape index (κ2) is 7.02. The number of nitrogens with one attached hydrogen (secondary N) is 2. The van der Waals surface area contributed by atoms with Gasteiger partial charge in [-0.3, -0.25) is 4.79 Å². The number of hydrogen-bond acceptors (Lipinski definition) is 2. The molecule has 0 aliphatic carbocycles. The molecule has 2 aromatic rings. The number of benzene rings is 2. The average Bonchev–Trinajstić information content (AvgIpc) is 2.43. The summed E-state index contributed by atoms with van der Waals surface area (Å²) in [6.07, 6.45) is 0. The minimum absolute atomic E-state index is 0.0113. The van der Waals surface area contributed by atoms with E-state index in [9.17, 15) is 4.79 Å². The minimum atomic E-state index is 0.0113. The number of halogens is 2.